The quantitative estimate of drug-likeness (QED) is 0.836. The largest absolute Gasteiger partial charge is 0.481 e. The van der Waals surface area contributed by atoms with E-state index in [9.17, 15) is 4.79 Å². The van der Waals surface area contributed by atoms with Gasteiger partial charge in [0, 0.05) is 6.54 Å². The van der Waals surface area contributed by atoms with E-state index in [2.05, 4.69) is 34.3 Å². The van der Waals surface area contributed by atoms with E-state index in [0.717, 1.165) is 56.5 Å². The van der Waals surface area contributed by atoms with Gasteiger partial charge in [-0.1, -0.05) is 13.8 Å². The van der Waals surface area contributed by atoms with E-state index >= 15 is 0 Å². The van der Waals surface area contributed by atoms with Crippen LogP contribution in [0.5, 0.6) is 0 Å². The van der Waals surface area contributed by atoms with Gasteiger partial charge in [0.25, 0.3) is 0 Å². The molecule has 1 aromatic heterocycles. The van der Waals surface area contributed by atoms with Crippen molar-refractivity contribution in [1.82, 2.24) is 15.2 Å². The first-order valence-corrected chi connectivity index (χ1v) is 7.83. The second-order valence-corrected chi connectivity index (χ2v) is 5.67. The number of hydrogen-bond donors (Lipinski definition) is 2. The Kier molecular flexibility index (Phi) is 5.47. The second kappa shape index (κ2) is 7.33. The smallest absolute Gasteiger partial charge is 0.306 e. The predicted molar refractivity (Wildman–Crippen MR) is 80.2 cm³/mol. The average Bonchev–Trinajstić information content (AvgIpc) is 2.52. The number of anilines is 1. The lowest BCUT2D eigenvalue weighted by Crippen LogP contribution is -2.25. The van der Waals surface area contributed by atoms with Crippen molar-refractivity contribution in [2.75, 3.05) is 11.9 Å². The zero-order valence-electron chi connectivity index (χ0n) is 12.8. The number of aryl methyl sites for hydroxylation is 2. The zero-order valence-corrected chi connectivity index (χ0v) is 12.8. The average molecular weight is 292 g/mol. The molecule has 0 bridgehead atoms. The molecule has 0 unspecified atom stereocenters. The molecule has 0 atom stereocenters. The number of carbonyl (C=O) groups is 1. The topological polar surface area (TPSA) is 88.0 Å². The van der Waals surface area contributed by atoms with Crippen LogP contribution in [-0.4, -0.2) is 32.8 Å². The highest BCUT2D eigenvalue weighted by Gasteiger charge is 2.25. The maximum Gasteiger partial charge on any atom is 0.306 e. The highest BCUT2D eigenvalue weighted by atomic mass is 16.4. The summed E-state index contributed by atoms with van der Waals surface area (Å²) in [7, 11) is 0. The van der Waals surface area contributed by atoms with Crippen LogP contribution >= 0.6 is 0 Å². The summed E-state index contributed by atoms with van der Waals surface area (Å²) in [6.45, 7) is 4.92. The van der Waals surface area contributed by atoms with Crippen LogP contribution in [0, 0.1) is 11.8 Å². The van der Waals surface area contributed by atoms with Crippen LogP contribution in [0.3, 0.4) is 0 Å². The summed E-state index contributed by atoms with van der Waals surface area (Å²) in [5.74, 6) is 0.274. The molecule has 1 aliphatic carbocycles. The maximum absolute atomic E-state index is 10.9. The van der Waals surface area contributed by atoms with E-state index < -0.39 is 5.97 Å². The minimum Gasteiger partial charge on any atom is -0.481 e. The van der Waals surface area contributed by atoms with Gasteiger partial charge in [-0.05, 0) is 44.4 Å². The SMILES string of the molecule is CCc1nnc(NCC2CCC(C(=O)O)CC2)nc1CC. The van der Waals surface area contributed by atoms with Gasteiger partial charge in [-0.3, -0.25) is 4.79 Å². The molecule has 0 amide bonds. The van der Waals surface area contributed by atoms with Crippen molar-refractivity contribution in [1.29, 1.82) is 0 Å². The first-order valence-electron chi connectivity index (χ1n) is 7.83. The van der Waals surface area contributed by atoms with Gasteiger partial charge in [0.2, 0.25) is 5.95 Å². The minimum atomic E-state index is -0.656. The lowest BCUT2D eigenvalue weighted by molar-refractivity contribution is -0.143. The molecule has 1 fully saturated rings. The van der Waals surface area contributed by atoms with Gasteiger partial charge in [0.1, 0.15) is 0 Å². The summed E-state index contributed by atoms with van der Waals surface area (Å²) in [4.78, 5) is 15.4. The highest BCUT2D eigenvalue weighted by molar-refractivity contribution is 5.69. The van der Waals surface area contributed by atoms with Gasteiger partial charge in [-0.2, -0.15) is 5.10 Å². The number of carboxylic acid groups (broad SMARTS) is 1. The fourth-order valence-corrected chi connectivity index (χ4v) is 2.86. The number of hydrogen-bond acceptors (Lipinski definition) is 5. The molecule has 0 aromatic carbocycles. The molecule has 1 aliphatic rings. The Bertz CT molecular complexity index is 485. The lowest BCUT2D eigenvalue weighted by atomic mass is 9.82. The minimum absolute atomic E-state index is 0.158. The van der Waals surface area contributed by atoms with Crippen LogP contribution in [-0.2, 0) is 17.6 Å². The van der Waals surface area contributed by atoms with Crippen LogP contribution in [0.4, 0.5) is 5.95 Å². The van der Waals surface area contributed by atoms with Crippen molar-refractivity contribution < 1.29 is 9.90 Å². The number of nitrogens with zero attached hydrogens (tertiary/aromatic N) is 3. The normalized spacial score (nSPS) is 22.0. The monoisotopic (exact) mass is 292 g/mol. The van der Waals surface area contributed by atoms with Gasteiger partial charge in [-0.15, -0.1) is 5.10 Å². The zero-order chi connectivity index (χ0) is 15.2. The fraction of sp³-hybridized carbons (Fsp3) is 0.733. The van der Waals surface area contributed by atoms with Crippen LogP contribution in [0.25, 0.3) is 0 Å². The Hall–Kier alpha value is -1.72. The van der Waals surface area contributed by atoms with Gasteiger partial charge in [-0.25, -0.2) is 4.98 Å². The standard InChI is InChI=1S/C15H24N4O2/c1-3-12-13(4-2)18-19-15(17-12)16-9-10-5-7-11(8-6-10)14(20)21/h10-11H,3-9H2,1-2H3,(H,20,21)(H,16,17,19). The summed E-state index contributed by atoms with van der Waals surface area (Å²) in [5.41, 5.74) is 1.97. The molecule has 0 saturated heterocycles. The second-order valence-electron chi connectivity index (χ2n) is 5.67. The molecular formula is C15H24N4O2. The number of aromatic nitrogens is 3. The van der Waals surface area contributed by atoms with E-state index in [4.69, 9.17) is 5.11 Å². The molecule has 21 heavy (non-hydrogen) atoms. The van der Waals surface area contributed by atoms with Crippen molar-refractivity contribution in [3.8, 4) is 0 Å². The van der Waals surface area contributed by atoms with Crippen molar-refractivity contribution in [3.05, 3.63) is 11.4 Å². The fourth-order valence-electron chi connectivity index (χ4n) is 2.86. The van der Waals surface area contributed by atoms with E-state index in [-0.39, 0.29) is 5.92 Å². The number of nitrogens with one attached hydrogen (secondary N) is 1. The highest BCUT2D eigenvalue weighted by Crippen LogP contribution is 2.28. The van der Waals surface area contributed by atoms with Crippen LogP contribution < -0.4 is 5.32 Å². The summed E-state index contributed by atoms with van der Waals surface area (Å²) >= 11 is 0. The Morgan fingerprint density at radius 3 is 2.38 bits per heavy atom. The lowest BCUT2D eigenvalue weighted by Gasteiger charge is -2.26. The number of aliphatic carboxylic acids is 1. The molecule has 1 aromatic rings. The maximum atomic E-state index is 10.9. The summed E-state index contributed by atoms with van der Waals surface area (Å²) in [6, 6.07) is 0. The van der Waals surface area contributed by atoms with Gasteiger partial charge >= 0.3 is 5.97 Å². The Balaban J connectivity index is 1.85. The molecule has 0 aliphatic heterocycles. The Morgan fingerprint density at radius 2 is 1.81 bits per heavy atom. The van der Waals surface area contributed by atoms with Crippen LogP contribution in [0.1, 0.15) is 50.9 Å². The number of carboxylic acids is 1. The molecule has 1 saturated carbocycles. The summed E-state index contributed by atoms with van der Waals surface area (Å²) in [6.07, 6.45) is 5.15. The van der Waals surface area contributed by atoms with E-state index in [0.29, 0.717) is 11.9 Å². The van der Waals surface area contributed by atoms with Gasteiger partial charge < -0.3 is 10.4 Å². The molecular weight excluding hydrogens is 268 g/mol. The molecule has 0 radical (unpaired) electrons. The molecule has 2 N–H and O–H groups in total. The first kappa shape index (κ1) is 15.7. The Labute approximate surface area is 125 Å². The molecule has 0 spiro atoms. The van der Waals surface area contributed by atoms with Crippen molar-refractivity contribution in [2.24, 2.45) is 11.8 Å². The van der Waals surface area contributed by atoms with Crippen LogP contribution in [0.15, 0.2) is 0 Å². The first-order chi connectivity index (χ1) is 10.1. The number of rotatable bonds is 6. The summed E-state index contributed by atoms with van der Waals surface area (Å²) < 4.78 is 0. The van der Waals surface area contributed by atoms with Crippen molar-refractivity contribution in [3.63, 3.8) is 0 Å². The molecule has 6 heteroatoms. The third kappa shape index (κ3) is 4.12. The molecule has 2 rings (SSSR count). The van der Waals surface area contributed by atoms with E-state index in [1.165, 1.54) is 0 Å². The van der Waals surface area contributed by atoms with Crippen molar-refractivity contribution in [2.45, 2.75) is 52.4 Å². The van der Waals surface area contributed by atoms with Gasteiger partial charge in [0.05, 0.1) is 17.3 Å². The molecule has 6 nitrogen and oxygen atoms in total. The summed E-state index contributed by atoms with van der Waals surface area (Å²) in [5, 5.41) is 20.6. The van der Waals surface area contributed by atoms with Gasteiger partial charge in [0.15, 0.2) is 0 Å². The molecule has 116 valence electrons. The van der Waals surface area contributed by atoms with Crippen LogP contribution in [0.2, 0.25) is 0 Å². The van der Waals surface area contributed by atoms with E-state index in [1.54, 1.807) is 0 Å². The Morgan fingerprint density at radius 1 is 1.14 bits per heavy atom. The van der Waals surface area contributed by atoms with Crippen molar-refractivity contribution >= 4 is 11.9 Å². The third-order valence-electron chi connectivity index (χ3n) is 4.25. The molecule has 1 heterocycles. The third-order valence-corrected chi connectivity index (χ3v) is 4.25. The predicted octanol–water partition coefficient (Wildman–Crippen LogP) is 2.30. The van der Waals surface area contributed by atoms with E-state index in [1.807, 2.05) is 0 Å².